The monoisotopic (exact) mass is 336 g/mol. The van der Waals surface area contributed by atoms with Crippen molar-refractivity contribution in [2.45, 2.75) is 33.3 Å². The lowest BCUT2D eigenvalue weighted by atomic mass is 10.1. The van der Waals surface area contributed by atoms with E-state index in [1.165, 1.54) is 32.2 Å². The Kier molecular flexibility index (Phi) is 6.98. The maximum absolute atomic E-state index is 12.0. The van der Waals surface area contributed by atoms with Crippen LogP contribution in [0.1, 0.15) is 32.8 Å². The van der Waals surface area contributed by atoms with Gasteiger partial charge in [0.05, 0.1) is 13.2 Å². The van der Waals surface area contributed by atoms with E-state index in [0.29, 0.717) is 17.7 Å². The molecule has 0 saturated carbocycles. The molecule has 1 aromatic rings. The maximum Gasteiger partial charge on any atom is 0.345 e. The first kappa shape index (κ1) is 19.2. The van der Waals surface area contributed by atoms with Gasteiger partial charge in [-0.2, -0.15) is 0 Å². The van der Waals surface area contributed by atoms with Crippen LogP contribution in [-0.2, 0) is 19.1 Å². The molecule has 0 heterocycles. The molecule has 0 saturated heterocycles. The lowest BCUT2D eigenvalue weighted by Crippen LogP contribution is -2.20. The molecular formula is C17H20O7. The summed E-state index contributed by atoms with van der Waals surface area (Å²) >= 11 is 0. The molecule has 1 atom stereocenters. The molecule has 7 nitrogen and oxygen atoms in total. The minimum absolute atomic E-state index is 0.124. The molecule has 130 valence electrons. The van der Waals surface area contributed by atoms with Crippen molar-refractivity contribution in [1.82, 2.24) is 0 Å². The minimum Gasteiger partial charge on any atom is -0.493 e. The molecule has 1 rings (SSSR count). The first-order valence-electron chi connectivity index (χ1n) is 7.30. The minimum atomic E-state index is -1.41. The Balaban J connectivity index is 3.20. The van der Waals surface area contributed by atoms with Gasteiger partial charge in [0.1, 0.15) is 5.57 Å². The van der Waals surface area contributed by atoms with Crippen LogP contribution in [0.2, 0.25) is 0 Å². The van der Waals surface area contributed by atoms with Crippen molar-refractivity contribution in [2.24, 2.45) is 0 Å². The summed E-state index contributed by atoms with van der Waals surface area (Å²) in [4.78, 5) is 34.4. The highest BCUT2D eigenvalue weighted by molar-refractivity contribution is 6.17. The zero-order chi connectivity index (χ0) is 18.3. The van der Waals surface area contributed by atoms with Gasteiger partial charge >= 0.3 is 17.9 Å². The van der Waals surface area contributed by atoms with Crippen molar-refractivity contribution >= 4 is 24.0 Å². The van der Waals surface area contributed by atoms with Crippen LogP contribution < -0.4 is 9.47 Å². The molecule has 24 heavy (non-hydrogen) atoms. The van der Waals surface area contributed by atoms with Gasteiger partial charge in [-0.15, -0.1) is 0 Å². The predicted molar refractivity (Wildman–Crippen MR) is 85.8 cm³/mol. The Bertz CT molecular complexity index is 661. The third kappa shape index (κ3) is 5.42. The van der Waals surface area contributed by atoms with Crippen LogP contribution in [0.25, 0.3) is 6.08 Å². The molecule has 0 bridgehead atoms. The molecular weight excluding hydrogens is 316 g/mol. The molecule has 0 aliphatic heterocycles. The second-order valence-corrected chi connectivity index (χ2v) is 4.99. The second-order valence-electron chi connectivity index (χ2n) is 4.99. The summed E-state index contributed by atoms with van der Waals surface area (Å²) in [5.41, 5.74) is -0.167. The fourth-order valence-corrected chi connectivity index (χ4v) is 1.72. The van der Waals surface area contributed by atoms with E-state index in [2.05, 4.69) is 0 Å². The van der Waals surface area contributed by atoms with Gasteiger partial charge < -0.3 is 19.3 Å². The number of carboxylic acid groups (broad SMARTS) is 1. The molecule has 1 N–H and O–H groups in total. The van der Waals surface area contributed by atoms with Crippen molar-refractivity contribution in [3.63, 3.8) is 0 Å². The Morgan fingerprint density at radius 2 is 1.92 bits per heavy atom. The van der Waals surface area contributed by atoms with E-state index in [1.807, 2.05) is 6.92 Å². The van der Waals surface area contributed by atoms with E-state index < -0.39 is 29.6 Å². The number of carboxylic acids is 1. The van der Waals surface area contributed by atoms with E-state index in [9.17, 15) is 19.5 Å². The van der Waals surface area contributed by atoms with Crippen molar-refractivity contribution in [3.05, 3.63) is 29.3 Å². The Labute approximate surface area is 139 Å². The number of esters is 2. The number of hydrogen-bond donors (Lipinski definition) is 1. The third-order valence-electron chi connectivity index (χ3n) is 3.09. The Morgan fingerprint density at radius 1 is 1.25 bits per heavy atom. The summed E-state index contributed by atoms with van der Waals surface area (Å²) < 4.78 is 15.1. The van der Waals surface area contributed by atoms with Gasteiger partial charge in [-0.3, -0.25) is 4.79 Å². The summed E-state index contributed by atoms with van der Waals surface area (Å²) in [5, 5.41) is 9.23. The lowest BCUT2D eigenvalue weighted by Gasteiger charge is -2.11. The Morgan fingerprint density at radius 3 is 2.42 bits per heavy atom. The number of aliphatic carboxylic acids is 1. The zero-order valence-electron chi connectivity index (χ0n) is 14.0. The lowest BCUT2D eigenvalue weighted by molar-refractivity contribution is -0.147. The first-order chi connectivity index (χ1) is 11.3. The molecule has 0 fully saturated rings. The van der Waals surface area contributed by atoms with Gasteiger partial charge in [-0.1, -0.05) is 13.0 Å². The molecule has 7 heteroatoms. The summed E-state index contributed by atoms with van der Waals surface area (Å²) in [5.74, 6) is -2.46. The van der Waals surface area contributed by atoms with E-state index in [-0.39, 0.29) is 5.75 Å². The molecule has 0 aromatic heterocycles. The van der Waals surface area contributed by atoms with Gasteiger partial charge in [-0.25, -0.2) is 9.59 Å². The number of carbonyl (C=O) groups excluding carboxylic acids is 2. The standard InChI is InChI=1S/C17H20O7/c1-5-10(2)23-17(21)13(16(19)20)8-12-6-7-14(22-4)15(9-12)24-11(3)18/h6-10H,5H2,1-4H3,(H,19,20). The molecule has 1 aromatic carbocycles. The fourth-order valence-electron chi connectivity index (χ4n) is 1.72. The van der Waals surface area contributed by atoms with Crippen molar-refractivity contribution < 1.29 is 33.7 Å². The van der Waals surface area contributed by atoms with Gasteiger partial charge in [0.2, 0.25) is 0 Å². The van der Waals surface area contributed by atoms with Crippen molar-refractivity contribution in [3.8, 4) is 11.5 Å². The van der Waals surface area contributed by atoms with E-state index in [0.717, 1.165) is 6.08 Å². The molecule has 0 spiro atoms. The highest BCUT2D eigenvalue weighted by atomic mass is 16.6. The van der Waals surface area contributed by atoms with Crippen LogP contribution in [0.4, 0.5) is 0 Å². The number of benzene rings is 1. The van der Waals surface area contributed by atoms with Gasteiger partial charge in [0.25, 0.3) is 0 Å². The first-order valence-corrected chi connectivity index (χ1v) is 7.30. The molecule has 0 aliphatic rings. The number of hydrogen-bond acceptors (Lipinski definition) is 6. The second kappa shape index (κ2) is 8.71. The number of carbonyl (C=O) groups is 3. The van der Waals surface area contributed by atoms with Crippen LogP contribution >= 0.6 is 0 Å². The topological polar surface area (TPSA) is 99.1 Å². The number of ether oxygens (including phenoxy) is 3. The quantitative estimate of drug-likeness (QED) is 0.268. The van der Waals surface area contributed by atoms with Crippen molar-refractivity contribution in [1.29, 1.82) is 0 Å². The normalized spacial score (nSPS) is 12.2. The van der Waals surface area contributed by atoms with Crippen LogP contribution in [0.15, 0.2) is 23.8 Å². The fraction of sp³-hybridized carbons (Fsp3) is 0.353. The summed E-state index contributed by atoms with van der Waals surface area (Å²) in [7, 11) is 1.41. The highest BCUT2D eigenvalue weighted by Gasteiger charge is 2.21. The zero-order valence-corrected chi connectivity index (χ0v) is 14.0. The van der Waals surface area contributed by atoms with Gasteiger partial charge in [-0.05, 0) is 37.1 Å². The Hall–Kier alpha value is -2.83. The van der Waals surface area contributed by atoms with Crippen LogP contribution in [0.5, 0.6) is 11.5 Å². The highest BCUT2D eigenvalue weighted by Crippen LogP contribution is 2.29. The summed E-state index contributed by atoms with van der Waals surface area (Å²) in [6.45, 7) is 4.72. The average molecular weight is 336 g/mol. The molecule has 0 amide bonds. The van der Waals surface area contributed by atoms with Crippen LogP contribution in [0, 0.1) is 0 Å². The number of methoxy groups -OCH3 is 1. The maximum atomic E-state index is 12.0. The van der Waals surface area contributed by atoms with Gasteiger partial charge in [0, 0.05) is 6.92 Å². The van der Waals surface area contributed by atoms with Crippen LogP contribution in [0.3, 0.4) is 0 Å². The average Bonchev–Trinajstić information content (AvgIpc) is 2.51. The smallest absolute Gasteiger partial charge is 0.345 e. The largest absolute Gasteiger partial charge is 0.493 e. The molecule has 1 unspecified atom stereocenters. The third-order valence-corrected chi connectivity index (χ3v) is 3.09. The van der Waals surface area contributed by atoms with E-state index >= 15 is 0 Å². The molecule has 0 radical (unpaired) electrons. The number of rotatable bonds is 7. The SMILES string of the molecule is CCC(C)OC(=O)C(=Cc1ccc(OC)c(OC(C)=O)c1)C(=O)O. The van der Waals surface area contributed by atoms with Crippen molar-refractivity contribution in [2.75, 3.05) is 7.11 Å². The summed E-state index contributed by atoms with van der Waals surface area (Å²) in [6.07, 6.45) is 1.32. The van der Waals surface area contributed by atoms with E-state index in [1.54, 1.807) is 6.92 Å². The molecule has 0 aliphatic carbocycles. The van der Waals surface area contributed by atoms with E-state index in [4.69, 9.17) is 14.2 Å². The van der Waals surface area contributed by atoms with Crippen LogP contribution in [-0.4, -0.2) is 36.2 Å². The van der Waals surface area contributed by atoms with Gasteiger partial charge in [0.15, 0.2) is 11.5 Å². The summed E-state index contributed by atoms with van der Waals surface area (Å²) in [6, 6.07) is 4.44. The predicted octanol–water partition coefficient (Wildman–Crippen LogP) is 2.43.